The predicted molar refractivity (Wildman–Crippen MR) is 107 cm³/mol. The Hall–Kier alpha value is -0.370. The summed E-state index contributed by atoms with van der Waals surface area (Å²) in [5.74, 6) is 0.835. The van der Waals surface area contributed by atoms with Crippen molar-refractivity contribution in [3.63, 3.8) is 0 Å². The van der Waals surface area contributed by atoms with Crippen molar-refractivity contribution < 1.29 is 9.53 Å². The molecule has 1 saturated heterocycles. The maximum Gasteiger partial charge on any atom is 0.410 e. The Kier molecular flexibility index (Phi) is 7.78. The van der Waals surface area contributed by atoms with Gasteiger partial charge in [-0.2, -0.15) is 0 Å². The van der Waals surface area contributed by atoms with E-state index >= 15 is 0 Å². The topological polar surface area (TPSA) is 45.1 Å². The highest BCUT2D eigenvalue weighted by Gasteiger charge is 2.29. The van der Waals surface area contributed by atoms with E-state index in [4.69, 9.17) is 4.74 Å². The van der Waals surface area contributed by atoms with Crippen molar-refractivity contribution in [2.45, 2.75) is 70.9 Å². The van der Waals surface area contributed by atoms with E-state index in [0.717, 1.165) is 32.1 Å². The first-order valence-corrected chi connectivity index (χ1v) is 10.2. The van der Waals surface area contributed by atoms with Gasteiger partial charge in [0.2, 0.25) is 0 Å². The minimum atomic E-state index is -0.425. The second-order valence-corrected chi connectivity index (χ2v) is 8.61. The summed E-state index contributed by atoms with van der Waals surface area (Å²) in [6.45, 7) is 9.03. The van der Waals surface area contributed by atoms with E-state index in [-0.39, 0.29) is 6.09 Å². The van der Waals surface area contributed by atoms with Gasteiger partial charge < -0.3 is 9.64 Å². The van der Waals surface area contributed by atoms with Gasteiger partial charge in [-0.15, -0.1) is 0 Å². The molecule has 2 aliphatic rings. The lowest BCUT2D eigenvalue weighted by Crippen LogP contribution is -2.53. The zero-order valence-electron chi connectivity index (χ0n) is 15.3. The van der Waals surface area contributed by atoms with Gasteiger partial charge >= 0.3 is 6.09 Å². The molecule has 0 aromatic carbocycles. The number of amides is 1. The van der Waals surface area contributed by atoms with Gasteiger partial charge in [0, 0.05) is 38.4 Å². The van der Waals surface area contributed by atoms with Crippen LogP contribution in [0.15, 0.2) is 3.21 Å². The number of ether oxygens (including phenoxy) is 1. The number of rotatable bonds is 4. The number of carbonyl (C=O) groups excluding carboxylic acids is 1. The van der Waals surface area contributed by atoms with Crippen LogP contribution in [0, 0.1) is 5.92 Å². The molecule has 0 N–H and O–H groups in total. The molecule has 0 aromatic rings. The van der Waals surface area contributed by atoms with Crippen LogP contribution >= 0.6 is 22.9 Å². The van der Waals surface area contributed by atoms with Crippen LogP contribution < -0.4 is 0 Å². The normalized spacial score (nSPS) is 22.8. The Morgan fingerprint density at radius 2 is 1.83 bits per heavy atom. The van der Waals surface area contributed by atoms with Crippen molar-refractivity contribution in [3.8, 4) is 0 Å². The van der Waals surface area contributed by atoms with Gasteiger partial charge in [-0.05, 0) is 33.1 Å². The number of carbonyl (C=O) groups is 1. The maximum absolute atomic E-state index is 12.2. The Morgan fingerprint density at radius 1 is 1.21 bits per heavy atom. The first-order chi connectivity index (χ1) is 11.4. The van der Waals surface area contributed by atoms with E-state index in [0.29, 0.717) is 6.04 Å². The lowest BCUT2D eigenvalue weighted by Gasteiger charge is -2.39. The summed E-state index contributed by atoms with van der Waals surface area (Å²) in [4.78, 5) is 16.5. The molecule has 1 unspecified atom stereocenters. The van der Waals surface area contributed by atoms with E-state index in [9.17, 15) is 4.79 Å². The Balaban J connectivity index is 1.84. The molecule has 24 heavy (non-hydrogen) atoms. The standard InChI is InChI=1S/C18H32IN3O2/c1-18(2,3)24-17(23)22-11-9-21(10-12-22)16(14-20-19)13-15-7-5-4-6-8-15/h14-16H,4-13H2,1-3H3/b20-14+. The summed E-state index contributed by atoms with van der Waals surface area (Å²) >= 11 is 2.08. The molecular formula is C18H32IN3O2. The predicted octanol–water partition coefficient (Wildman–Crippen LogP) is 4.30. The van der Waals surface area contributed by atoms with Crippen LogP contribution in [0.4, 0.5) is 4.79 Å². The smallest absolute Gasteiger partial charge is 0.410 e. The minimum absolute atomic E-state index is 0.187. The summed E-state index contributed by atoms with van der Waals surface area (Å²) in [7, 11) is 0. The van der Waals surface area contributed by atoms with E-state index in [1.54, 1.807) is 0 Å². The van der Waals surface area contributed by atoms with Gasteiger partial charge in [-0.25, -0.2) is 8.00 Å². The second kappa shape index (κ2) is 9.36. The van der Waals surface area contributed by atoms with Crippen LogP contribution in [0.3, 0.4) is 0 Å². The lowest BCUT2D eigenvalue weighted by molar-refractivity contribution is 0.0121. The molecule has 0 radical (unpaired) electrons. The molecule has 0 bridgehead atoms. The molecule has 6 heteroatoms. The molecule has 2 rings (SSSR count). The van der Waals surface area contributed by atoms with Crippen LogP contribution in [-0.2, 0) is 4.74 Å². The highest BCUT2D eigenvalue weighted by atomic mass is 127. The van der Waals surface area contributed by atoms with Gasteiger partial charge in [-0.1, -0.05) is 32.1 Å². The molecule has 1 saturated carbocycles. The fourth-order valence-corrected chi connectivity index (χ4v) is 4.07. The van der Waals surface area contributed by atoms with E-state index in [1.807, 2.05) is 25.7 Å². The Labute approximate surface area is 160 Å². The van der Waals surface area contributed by atoms with Gasteiger partial charge in [0.25, 0.3) is 0 Å². The largest absolute Gasteiger partial charge is 0.444 e. The molecule has 0 aromatic heterocycles. The van der Waals surface area contributed by atoms with Gasteiger partial charge in [-0.3, -0.25) is 4.90 Å². The monoisotopic (exact) mass is 449 g/mol. The summed E-state index contributed by atoms with van der Waals surface area (Å²) in [5.41, 5.74) is -0.425. The zero-order valence-corrected chi connectivity index (χ0v) is 17.5. The summed E-state index contributed by atoms with van der Waals surface area (Å²) in [5, 5.41) is 0. The third-order valence-electron chi connectivity index (χ3n) is 4.96. The number of hydrogen-bond donors (Lipinski definition) is 0. The number of nitrogens with zero attached hydrogens (tertiary/aromatic N) is 3. The Bertz CT molecular complexity index is 422. The van der Waals surface area contributed by atoms with Crippen molar-refractivity contribution in [1.29, 1.82) is 0 Å². The molecule has 1 heterocycles. The molecule has 138 valence electrons. The number of hydrogen-bond acceptors (Lipinski definition) is 4. The minimum Gasteiger partial charge on any atom is -0.444 e. The van der Waals surface area contributed by atoms with Gasteiger partial charge in [0.05, 0.1) is 22.9 Å². The average Bonchev–Trinajstić information content (AvgIpc) is 2.54. The van der Waals surface area contributed by atoms with Gasteiger partial charge in [0.1, 0.15) is 5.60 Å². The van der Waals surface area contributed by atoms with E-state index < -0.39 is 5.60 Å². The third kappa shape index (κ3) is 6.50. The highest BCUT2D eigenvalue weighted by molar-refractivity contribution is 14.1. The highest BCUT2D eigenvalue weighted by Crippen LogP contribution is 2.28. The number of piperazine rings is 1. The SMILES string of the molecule is CC(C)(C)OC(=O)N1CCN(C(/C=N/I)CC2CCCCC2)CC1. The van der Waals surface area contributed by atoms with Crippen LogP contribution in [0.1, 0.15) is 59.3 Å². The summed E-state index contributed by atoms with van der Waals surface area (Å²) in [6, 6.07) is 0.408. The van der Waals surface area contributed by atoms with E-state index in [1.165, 1.54) is 38.5 Å². The Morgan fingerprint density at radius 3 is 2.38 bits per heavy atom. The molecule has 1 amide bonds. The quantitative estimate of drug-likeness (QED) is 0.475. The fourth-order valence-electron chi connectivity index (χ4n) is 3.70. The molecule has 2 fully saturated rings. The molecule has 1 aliphatic carbocycles. The second-order valence-electron chi connectivity index (χ2n) is 8.06. The zero-order chi connectivity index (χ0) is 17.6. The fraction of sp³-hybridized carbons (Fsp3) is 0.889. The van der Waals surface area contributed by atoms with Crippen molar-refractivity contribution in [1.82, 2.24) is 9.80 Å². The van der Waals surface area contributed by atoms with Crippen LogP contribution in [-0.4, -0.2) is 59.9 Å². The first kappa shape index (κ1) is 19.9. The van der Waals surface area contributed by atoms with Crippen molar-refractivity contribution in [3.05, 3.63) is 0 Å². The van der Waals surface area contributed by atoms with Crippen molar-refractivity contribution >= 4 is 35.2 Å². The maximum atomic E-state index is 12.2. The van der Waals surface area contributed by atoms with Crippen molar-refractivity contribution in [2.75, 3.05) is 26.2 Å². The molecule has 0 spiro atoms. The van der Waals surface area contributed by atoms with E-state index in [2.05, 4.69) is 37.2 Å². The molecule has 1 atom stereocenters. The lowest BCUT2D eigenvalue weighted by atomic mass is 9.84. The van der Waals surface area contributed by atoms with Crippen LogP contribution in [0.2, 0.25) is 0 Å². The molecule has 1 aliphatic heterocycles. The summed E-state index contributed by atoms with van der Waals surface area (Å²) < 4.78 is 9.76. The average molecular weight is 449 g/mol. The van der Waals surface area contributed by atoms with Crippen molar-refractivity contribution in [2.24, 2.45) is 9.12 Å². The van der Waals surface area contributed by atoms with Crippen LogP contribution in [0.25, 0.3) is 0 Å². The molecule has 5 nitrogen and oxygen atoms in total. The van der Waals surface area contributed by atoms with Gasteiger partial charge in [0.15, 0.2) is 0 Å². The third-order valence-corrected chi connectivity index (χ3v) is 5.28. The summed E-state index contributed by atoms with van der Waals surface area (Å²) in [6.07, 6.45) is 10.0. The first-order valence-electron chi connectivity index (χ1n) is 9.25. The van der Waals surface area contributed by atoms with Crippen LogP contribution in [0.5, 0.6) is 0 Å². The number of halogens is 1. The molecular weight excluding hydrogens is 417 g/mol.